The second kappa shape index (κ2) is 7.23. The summed E-state index contributed by atoms with van der Waals surface area (Å²) in [5, 5.41) is 13.3. The number of aromatic amines is 1. The van der Waals surface area contributed by atoms with Crippen LogP contribution >= 0.6 is 0 Å². The van der Waals surface area contributed by atoms with Gasteiger partial charge in [0.1, 0.15) is 5.82 Å². The zero-order valence-electron chi connectivity index (χ0n) is 14.4. The van der Waals surface area contributed by atoms with E-state index in [1.54, 1.807) is 12.1 Å². The maximum atomic E-state index is 11.7. The SMILES string of the molecule is O=c1[nH]cnc2nc(NCc3ccc(CN4CCC(O)C4)cc3)ccc12. The summed E-state index contributed by atoms with van der Waals surface area (Å²) in [6.07, 6.45) is 2.04. The summed E-state index contributed by atoms with van der Waals surface area (Å²) >= 11 is 0. The van der Waals surface area contributed by atoms with Crippen LogP contribution in [0.5, 0.6) is 0 Å². The number of H-pyrrole nitrogens is 1. The Balaban J connectivity index is 1.38. The number of anilines is 1. The van der Waals surface area contributed by atoms with Gasteiger partial charge in [-0.2, -0.15) is 0 Å². The van der Waals surface area contributed by atoms with E-state index in [9.17, 15) is 9.90 Å². The topological polar surface area (TPSA) is 94.1 Å². The van der Waals surface area contributed by atoms with Gasteiger partial charge in [-0.3, -0.25) is 9.69 Å². The fourth-order valence-corrected chi connectivity index (χ4v) is 3.22. The van der Waals surface area contributed by atoms with Crippen molar-refractivity contribution in [1.82, 2.24) is 19.9 Å². The van der Waals surface area contributed by atoms with Crippen LogP contribution in [0.2, 0.25) is 0 Å². The normalized spacial score (nSPS) is 17.7. The molecule has 1 saturated heterocycles. The van der Waals surface area contributed by atoms with Crippen LogP contribution in [0.25, 0.3) is 11.0 Å². The molecule has 0 saturated carbocycles. The van der Waals surface area contributed by atoms with Gasteiger partial charge in [-0.25, -0.2) is 9.97 Å². The number of benzene rings is 1. The number of nitrogens with one attached hydrogen (secondary N) is 2. The monoisotopic (exact) mass is 351 g/mol. The second-order valence-electron chi connectivity index (χ2n) is 6.65. The summed E-state index contributed by atoms with van der Waals surface area (Å²) in [7, 11) is 0. The third kappa shape index (κ3) is 3.74. The zero-order chi connectivity index (χ0) is 17.9. The van der Waals surface area contributed by atoms with Crippen molar-refractivity contribution in [3.8, 4) is 0 Å². The van der Waals surface area contributed by atoms with Crippen molar-refractivity contribution in [2.75, 3.05) is 18.4 Å². The molecule has 0 aliphatic carbocycles. The number of nitrogens with zero attached hydrogens (tertiary/aromatic N) is 3. The maximum absolute atomic E-state index is 11.7. The molecule has 7 heteroatoms. The van der Waals surface area contributed by atoms with E-state index >= 15 is 0 Å². The minimum atomic E-state index is -0.185. The van der Waals surface area contributed by atoms with Gasteiger partial charge in [0.25, 0.3) is 5.56 Å². The zero-order valence-corrected chi connectivity index (χ0v) is 14.4. The molecule has 1 aliphatic heterocycles. The van der Waals surface area contributed by atoms with Gasteiger partial charge in [0, 0.05) is 26.2 Å². The van der Waals surface area contributed by atoms with E-state index in [1.807, 2.05) is 0 Å². The quantitative estimate of drug-likeness (QED) is 0.645. The molecule has 3 heterocycles. The van der Waals surface area contributed by atoms with E-state index < -0.39 is 0 Å². The first kappa shape index (κ1) is 16.7. The molecule has 0 spiro atoms. The van der Waals surface area contributed by atoms with Gasteiger partial charge in [0.05, 0.1) is 17.8 Å². The van der Waals surface area contributed by atoms with Crippen LogP contribution in [-0.2, 0) is 13.1 Å². The summed E-state index contributed by atoms with van der Waals surface area (Å²) in [5.41, 5.74) is 2.64. The first-order valence-electron chi connectivity index (χ1n) is 8.74. The highest BCUT2D eigenvalue weighted by Gasteiger charge is 2.19. The van der Waals surface area contributed by atoms with Crippen molar-refractivity contribution in [2.45, 2.75) is 25.6 Å². The molecule has 3 aromatic rings. The van der Waals surface area contributed by atoms with Crippen molar-refractivity contribution in [1.29, 1.82) is 0 Å². The van der Waals surface area contributed by atoms with Gasteiger partial charge in [0.15, 0.2) is 5.65 Å². The molecule has 4 rings (SSSR count). The summed E-state index contributed by atoms with van der Waals surface area (Å²) in [6.45, 7) is 3.23. The number of hydrogen-bond donors (Lipinski definition) is 3. The standard InChI is InChI=1S/C19H21N5O2/c25-15-7-8-24(11-15)10-14-3-1-13(2-4-14)9-20-17-6-5-16-18(23-17)21-12-22-19(16)26/h1-6,12,15,25H,7-11H2,(H2,20,21,22,23,26). The van der Waals surface area contributed by atoms with Gasteiger partial charge in [0.2, 0.25) is 0 Å². The van der Waals surface area contributed by atoms with Crippen LogP contribution in [0.4, 0.5) is 5.82 Å². The van der Waals surface area contributed by atoms with Crippen molar-refractivity contribution < 1.29 is 5.11 Å². The molecular weight excluding hydrogens is 330 g/mol. The minimum Gasteiger partial charge on any atom is -0.392 e. The number of likely N-dealkylation sites (tertiary alicyclic amines) is 1. The highest BCUT2D eigenvalue weighted by Crippen LogP contribution is 2.15. The van der Waals surface area contributed by atoms with Crippen LogP contribution < -0.4 is 10.9 Å². The largest absolute Gasteiger partial charge is 0.392 e. The molecule has 1 aromatic carbocycles. The Bertz CT molecular complexity index is 954. The molecule has 1 fully saturated rings. The number of aliphatic hydroxyl groups is 1. The average Bonchev–Trinajstić information content (AvgIpc) is 3.06. The number of pyridine rings is 1. The molecule has 1 unspecified atom stereocenters. The first-order chi connectivity index (χ1) is 12.7. The van der Waals surface area contributed by atoms with E-state index in [2.05, 4.69) is 49.4 Å². The molecule has 26 heavy (non-hydrogen) atoms. The van der Waals surface area contributed by atoms with Crippen molar-refractivity contribution >= 4 is 16.9 Å². The smallest absolute Gasteiger partial charge is 0.260 e. The second-order valence-corrected chi connectivity index (χ2v) is 6.65. The first-order valence-corrected chi connectivity index (χ1v) is 8.74. The van der Waals surface area contributed by atoms with Gasteiger partial charge < -0.3 is 15.4 Å². The van der Waals surface area contributed by atoms with Gasteiger partial charge >= 0.3 is 0 Å². The molecule has 0 radical (unpaired) electrons. The predicted octanol–water partition coefficient (Wildman–Crippen LogP) is 1.50. The Morgan fingerprint density at radius 2 is 2.00 bits per heavy atom. The van der Waals surface area contributed by atoms with Gasteiger partial charge in [-0.15, -0.1) is 0 Å². The molecule has 0 amide bonds. The van der Waals surface area contributed by atoms with Gasteiger partial charge in [-0.05, 0) is 29.7 Å². The molecule has 1 aliphatic rings. The summed E-state index contributed by atoms with van der Waals surface area (Å²) in [6, 6.07) is 11.9. The Labute approximate surface area is 150 Å². The number of fused-ring (bicyclic) bond motifs is 1. The number of rotatable bonds is 5. The van der Waals surface area contributed by atoms with Crippen LogP contribution in [0.1, 0.15) is 17.5 Å². The Kier molecular flexibility index (Phi) is 4.64. The third-order valence-corrected chi connectivity index (χ3v) is 4.65. The Morgan fingerprint density at radius 3 is 2.77 bits per heavy atom. The lowest BCUT2D eigenvalue weighted by Gasteiger charge is -2.15. The lowest BCUT2D eigenvalue weighted by Crippen LogP contribution is -2.21. The van der Waals surface area contributed by atoms with Crippen molar-refractivity contribution in [2.24, 2.45) is 0 Å². The lowest BCUT2D eigenvalue weighted by molar-refractivity contribution is 0.175. The molecule has 134 valence electrons. The van der Waals surface area contributed by atoms with Crippen LogP contribution in [0, 0.1) is 0 Å². The molecule has 7 nitrogen and oxygen atoms in total. The van der Waals surface area contributed by atoms with Gasteiger partial charge in [-0.1, -0.05) is 24.3 Å². The third-order valence-electron chi connectivity index (χ3n) is 4.65. The Hall–Kier alpha value is -2.77. The van der Waals surface area contributed by atoms with E-state index in [1.165, 1.54) is 11.9 Å². The predicted molar refractivity (Wildman–Crippen MR) is 99.8 cm³/mol. The summed E-state index contributed by atoms with van der Waals surface area (Å²) in [4.78, 5) is 24.9. The maximum Gasteiger partial charge on any atom is 0.260 e. The summed E-state index contributed by atoms with van der Waals surface area (Å²) in [5.74, 6) is 0.686. The lowest BCUT2D eigenvalue weighted by atomic mass is 10.1. The fourth-order valence-electron chi connectivity index (χ4n) is 3.22. The highest BCUT2D eigenvalue weighted by molar-refractivity contribution is 5.74. The van der Waals surface area contributed by atoms with Crippen molar-refractivity contribution in [3.05, 3.63) is 64.2 Å². The van der Waals surface area contributed by atoms with E-state index in [0.29, 0.717) is 23.4 Å². The minimum absolute atomic E-state index is 0.182. The van der Waals surface area contributed by atoms with Crippen LogP contribution in [0.3, 0.4) is 0 Å². The molecular formula is C19H21N5O2. The molecule has 0 bridgehead atoms. The molecule has 3 N–H and O–H groups in total. The Morgan fingerprint density at radius 1 is 1.19 bits per heavy atom. The highest BCUT2D eigenvalue weighted by atomic mass is 16.3. The van der Waals surface area contributed by atoms with E-state index in [4.69, 9.17) is 0 Å². The van der Waals surface area contributed by atoms with E-state index in [-0.39, 0.29) is 11.7 Å². The number of aliphatic hydroxyl groups excluding tert-OH is 1. The number of aromatic nitrogens is 3. The van der Waals surface area contributed by atoms with Crippen molar-refractivity contribution in [3.63, 3.8) is 0 Å². The van der Waals surface area contributed by atoms with E-state index in [0.717, 1.165) is 31.6 Å². The fraction of sp³-hybridized carbons (Fsp3) is 0.316. The average molecular weight is 351 g/mol. The van der Waals surface area contributed by atoms with Crippen LogP contribution in [-0.4, -0.2) is 44.2 Å². The molecule has 1 atom stereocenters. The summed E-state index contributed by atoms with van der Waals surface area (Å²) < 4.78 is 0. The number of β-amino-alcohol motifs (C(OH)–C–C–N with tert-alkyl or cyclic N) is 1. The van der Waals surface area contributed by atoms with Crippen LogP contribution in [0.15, 0.2) is 47.5 Å². The molecule has 2 aromatic heterocycles. The number of hydrogen-bond acceptors (Lipinski definition) is 6.